The summed E-state index contributed by atoms with van der Waals surface area (Å²) < 4.78 is 13.7. The maximum atomic E-state index is 13.3. The third-order valence-corrected chi connectivity index (χ3v) is 3.34. The number of thiol groups is 1. The smallest absolute Gasteiger partial charge is 0.423 e. The van der Waals surface area contributed by atoms with Crippen LogP contribution in [0.15, 0.2) is 22.4 Å². The Morgan fingerprint density at radius 2 is 2.07 bits per heavy atom. The van der Waals surface area contributed by atoms with Gasteiger partial charge < -0.3 is 10.0 Å². The number of hydrogen-bond donors (Lipinski definition) is 3. The van der Waals surface area contributed by atoms with Crippen LogP contribution in [0.5, 0.6) is 0 Å². The standard InChI is InChI=1S/C8H6BFO2S2/c10-5-1-2-6(13)7-4(9(11)12)3-14-8(5)7/h1-3,11-13H. The van der Waals surface area contributed by atoms with Crippen LogP contribution in [0.3, 0.4) is 0 Å². The molecule has 2 nitrogen and oxygen atoms in total. The van der Waals surface area contributed by atoms with Crippen LogP contribution in [0.1, 0.15) is 0 Å². The predicted molar refractivity (Wildman–Crippen MR) is 58.9 cm³/mol. The Kier molecular flexibility index (Phi) is 2.53. The van der Waals surface area contributed by atoms with Crippen molar-refractivity contribution in [3.05, 3.63) is 23.3 Å². The van der Waals surface area contributed by atoms with Gasteiger partial charge in [0.1, 0.15) is 5.82 Å². The molecule has 72 valence electrons. The molecule has 2 rings (SSSR count). The van der Waals surface area contributed by atoms with Crippen molar-refractivity contribution in [2.75, 3.05) is 0 Å². The summed E-state index contributed by atoms with van der Waals surface area (Å²) in [5.74, 6) is -0.366. The third kappa shape index (κ3) is 1.44. The number of thiophene rings is 1. The van der Waals surface area contributed by atoms with Crippen molar-refractivity contribution in [3.8, 4) is 0 Å². The second-order valence-corrected chi connectivity index (χ2v) is 4.20. The van der Waals surface area contributed by atoms with Crippen LogP contribution >= 0.6 is 24.0 Å². The molecule has 0 amide bonds. The first kappa shape index (κ1) is 9.98. The molecule has 0 radical (unpaired) electrons. The Hall–Kier alpha value is -0.555. The fourth-order valence-corrected chi connectivity index (χ4v) is 2.71. The Morgan fingerprint density at radius 1 is 1.36 bits per heavy atom. The molecule has 0 aliphatic heterocycles. The van der Waals surface area contributed by atoms with Gasteiger partial charge in [-0.25, -0.2) is 4.39 Å². The summed E-state index contributed by atoms with van der Waals surface area (Å²) in [7, 11) is -1.59. The highest BCUT2D eigenvalue weighted by molar-refractivity contribution is 7.80. The van der Waals surface area contributed by atoms with E-state index >= 15 is 0 Å². The van der Waals surface area contributed by atoms with E-state index in [-0.39, 0.29) is 5.82 Å². The maximum absolute atomic E-state index is 13.3. The number of hydrogen-bond acceptors (Lipinski definition) is 4. The molecule has 1 aromatic carbocycles. The van der Waals surface area contributed by atoms with Crippen LogP contribution in [-0.2, 0) is 0 Å². The molecule has 0 saturated carbocycles. The van der Waals surface area contributed by atoms with E-state index in [1.807, 2.05) is 0 Å². The van der Waals surface area contributed by atoms with E-state index < -0.39 is 7.12 Å². The molecule has 0 unspecified atom stereocenters. The monoisotopic (exact) mass is 228 g/mol. The number of rotatable bonds is 1. The van der Waals surface area contributed by atoms with E-state index in [1.54, 1.807) is 0 Å². The van der Waals surface area contributed by atoms with E-state index in [0.29, 0.717) is 20.4 Å². The molecule has 0 bridgehead atoms. The van der Waals surface area contributed by atoms with Crippen LogP contribution in [0, 0.1) is 5.82 Å². The Bertz CT molecular complexity index is 483. The molecule has 2 aromatic rings. The number of fused-ring (bicyclic) bond motifs is 1. The van der Waals surface area contributed by atoms with Crippen LogP contribution < -0.4 is 5.46 Å². The van der Waals surface area contributed by atoms with Crippen molar-refractivity contribution < 1.29 is 14.4 Å². The van der Waals surface area contributed by atoms with Gasteiger partial charge in [0.25, 0.3) is 0 Å². The number of benzene rings is 1. The largest absolute Gasteiger partial charge is 0.489 e. The van der Waals surface area contributed by atoms with Crippen LogP contribution in [0.25, 0.3) is 10.1 Å². The zero-order chi connectivity index (χ0) is 10.3. The lowest BCUT2D eigenvalue weighted by molar-refractivity contribution is 0.426. The SMILES string of the molecule is OB(O)c1csc2c(F)ccc(S)c12. The summed E-state index contributed by atoms with van der Waals surface area (Å²) in [6, 6.07) is 2.81. The van der Waals surface area contributed by atoms with E-state index in [1.165, 1.54) is 17.5 Å². The third-order valence-electron chi connectivity index (χ3n) is 1.96. The van der Waals surface area contributed by atoms with E-state index in [2.05, 4.69) is 12.6 Å². The van der Waals surface area contributed by atoms with Gasteiger partial charge in [-0.1, -0.05) is 0 Å². The molecule has 0 spiro atoms. The first-order valence-electron chi connectivity index (χ1n) is 3.86. The molecule has 0 atom stereocenters. The van der Waals surface area contributed by atoms with Gasteiger partial charge in [0.15, 0.2) is 0 Å². The fourth-order valence-electron chi connectivity index (χ4n) is 1.31. The minimum Gasteiger partial charge on any atom is -0.423 e. The molecule has 14 heavy (non-hydrogen) atoms. The van der Waals surface area contributed by atoms with Gasteiger partial charge in [-0.2, -0.15) is 0 Å². The predicted octanol–water partition coefficient (Wildman–Crippen LogP) is 1.01. The second kappa shape index (κ2) is 3.54. The van der Waals surface area contributed by atoms with Gasteiger partial charge in [0.05, 0.1) is 4.70 Å². The lowest BCUT2D eigenvalue weighted by Crippen LogP contribution is -2.28. The first-order chi connectivity index (χ1) is 6.61. The van der Waals surface area contributed by atoms with Gasteiger partial charge in [-0.05, 0) is 17.5 Å². The topological polar surface area (TPSA) is 40.5 Å². The molecular weight excluding hydrogens is 222 g/mol. The van der Waals surface area contributed by atoms with Gasteiger partial charge >= 0.3 is 7.12 Å². The van der Waals surface area contributed by atoms with Crippen molar-refractivity contribution in [3.63, 3.8) is 0 Å². The molecule has 6 heteroatoms. The van der Waals surface area contributed by atoms with E-state index in [4.69, 9.17) is 10.0 Å². The summed E-state index contributed by atoms with van der Waals surface area (Å²) >= 11 is 5.28. The summed E-state index contributed by atoms with van der Waals surface area (Å²) in [5, 5.41) is 20.1. The zero-order valence-electron chi connectivity index (χ0n) is 6.94. The summed E-state index contributed by atoms with van der Waals surface area (Å²) in [5.41, 5.74) is 0.300. The quantitative estimate of drug-likeness (QED) is 0.503. The Morgan fingerprint density at radius 3 is 2.71 bits per heavy atom. The second-order valence-electron chi connectivity index (χ2n) is 2.84. The number of halogens is 1. The van der Waals surface area contributed by atoms with E-state index in [0.717, 1.165) is 11.3 Å². The van der Waals surface area contributed by atoms with Gasteiger partial charge in [0.2, 0.25) is 0 Å². The summed E-state index contributed by atoms with van der Waals surface area (Å²) in [4.78, 5) is 0.547. The molecule has 1 aromatic heterocycles. The summed E-state index contributed by atoms with van der Waals surface area (Å²) in [6.45, 7) is 0. The molecule has 1 heterocycles. The van der Waals surface area contributed by atoms with Crippen LogP contribution in [0.2, 0.25) is 0 Å². The molecule has 0 fully saturated rings. The van der Waals surface area contributed by atoms with Crippen molar-refractivity contribution in [2.24, 2.45) is 0 Å². The Balaban J connectivity index is 2.84. The van der Waals surface area contributed by atoms with Crippen molar-refractivity contribution in [1.82, 2.24) is 0 Å². The highest BCUT2D eigenvalue weighted by Gasteiger charge is 2.19. The van der Waals surface area contributed by atoms with Crippen molar-refractivity contribution in [1.29, 1.82) is 0 Å². The van der Waals surface area contributed by atoms with Gasteiger partial charge in [-0.3, -0.25) is 0 Å². The fraction of sp³-hybridized carbons (Fsp3) is 0. The summed E-state index contributed by atoms with van der Waals surface area (Å²) in [6.07, 6.45) is 0. The zero-order valence-corrected chi connectivity index (χ0v) is 8.65. The Labute approximate surface area is 89.6 Å². The normalized spacial score (nSPS) is 10.9. The van der Waals surface area contributed by atoms with Gasteiger partial charge in [-0.15, -0.1) is 24.0 Å². The maximum Gasteiger partial charge on any atom is 0.489 e. The highest BCUT2D eigenvalue weighted by Crippen LogP contribution is 2.27. The van der Waals surface area contributed by atoms with Crippen molar-refractivity contribution >= 4 is 46.6 Å². The molecule has 0 saturated heterocycles. The molecule has 2 N–H and O–H groups in total. The average Bonchev–Trinajstić information content (AvgIpc) is 2.56. The highest BCUT2D eigenvalue weighted by atomic mass is 32.1. The molecule has 0 aliphatic rings. The van der Waals surface area contributed by atoms with Crippen LogP contribution in [-0.4, -0.2) is 17.2 Å². The van der Waals surface area contributed by atoms with E-state index in [9.17, 15) is 4.39 Å². The minimum atomic E-state index is -1.59. The molecular formula is C8H6BFO2S2. The minimum absolute atomic E-state index is 0.300. The van der Waals surface area contributed by atoms with Crippen LogP contribution in [0.4, 0.5) is 4.39 Å². The molecule has 0 aliphatic carbocycles. The first-order valence-corrected chi connectivity index (χ1v) is 5.18. The lowest BCUT2D eigenvalue weighted by Gasteiger charge is -2.00. The lowest BCUT2D eigenvalue weighted by atomic mass is 9.80. The average molecular weight is 228 g/mol. The van der Waals surface area contributed by atoms with Crippen molar-refractivity contribution in [2.45, 2.75) is 4.90 Å². The van der Waals surface area contributed by atoms with Gasteiger partial charge in [0, 0.05) is 15.7 Å².